The molecule has 1 unspecified atom stereocenters. The first-order valence-corrected chi connectivity index (χ1v) is 20.8. The van der Waals surface area contributed by atoms with Crippen molar-refractivity contribution in [2.45, 2.75) is 250 Å². The quantitative estimate of drug-likeness (QED) is 0.0253. The van der Waals surface area contributed by atoms with Crippen molar-refractivity contribution < 1.29 is 35.4 Å². The highest BCUT2D eigenvalue weighted by atomic mass is 16.5. The maximum atomic E-state index is 10.9. The zero-order valence-electron chi connectivity index (χ0n) is 32.9. The average molecular weight is 704 g/mol. The van der Waals surface area contributed by atoms with E-state index < -0.39 is 29.2 Å². The van der Waals surface area contributed by atoms with Crippen LogP contribution in [0.2, 0.25) is 0 Å². The van der Waals surface area contributed by atoms with E-state index in [2.05, 4.69) is 13.8 Å². The van der Waals surface area contributed by atoms with Crippen LogP contribution in [0.25, 0.3) is 0 Å². The highest BCUT2D eigenvalue weighted by molar-refractivity contribution is 5.62. The van der Waals surface area contributed by atoms with Crippen LogP contribution in [0.3, 0.4) is 0 Å². The maximum Gasteiger partial charge on any atom is 0.300 e. The second kappa shape index (κ2) is 33.1. The number of carbonyl (C=O) groups is 1. The zero-order chi connectivity index (χ0) is 37.3. The van der Waals surface area contributed by atoms with E-state index in [-0.39, 0.29) is 12.8 Å². The fourth-order valence-electron chi connectivity index (χ4n) is 7.11. The molecule has 1 atom stereocenters. The van der Waals surface area contributed by atoms with Crippen molar-refractivity contribution in [1.29, 1.82) is 0 Å². The Morgan fingerprint density at radius 1 is 0.449 bits per heavy atom. The standard InChI is InChI=1S/C39H81NO5.C2H4O2/c1-4-6-8-10-12-14-16-18-20-22-24-26-28-30-32-34-38(42,43)36(37(3,40)41)39(44,45)35-33-31-29-27-25-23-21-19-17-15-13-11-9-7-5-2;1-2(3)4/h36,41-45H,4-35,40H2,1-3H3;1H3,(H,3,4). The minimum Gasteiger partial charge on any atom is -0.481 e. The summed E-state index contributed by atoms with van der Waals surface area (Å²) in [7, 11) is 0. The summed E-state index contributed by atoms with van der Waals surface area (Å²) in [6.45, 7) is 6.82. The second-order valence-corrected chi connectivity index (χ2v) is 15.3. The molecule has 0 radical (unpaired) electrons. The Hall–Kier alpha value is -0.770. The van der Waals surface area contributed by atoms with E-state index in [4.69, 9.17) is 15.6 Å². The van der Waals surface area contributed by atoms with Crippen LogP contribution in [0.5, 0.6) is 0 Å². The van der Waals surface area contributed by atoms with E-state index in [1.165, 1.54) is 148 Å². The van der Waals surface area contributed by atoms with Gasteiger partial charge in [-0.2, -0.15) is 0 Å². The van der Waals surface area contributed by atoms with E-state index >= 15 is 0 Å². The number of aliphatic carboxylic acids is 1. The number of aliphatic hydroxyl groups is 5. The van der Waals surface area contributed by atoms with Crippen molar-refractivity contribution in [3.63, 3.8) is 0 Å². The van der Waals surface area contributed by atoms with Gasteiger partial charge in [0.2, 0.25) is 0 Å². The van der Waals surface area contributed by atoms with E-state index in [1.54, 1.807) is 0 Å². The van der Waals surface area contributed by atoms with Crippen molar-refractivity contribution in [2.24, 2.45) is 11.7 Å². The van der Waals surface area contributed by atoms with Crippen molar-refractivity contribution in [3.05, 3.63) is 0 Å². The number of nitrogens with two attached hydrogens (primary N) is 1. The van der Waals surface area contributed by atoms with Gasteiger partial charge in [-0.15, -0.1) is 0 Å². The molecule has 0 spiro atoms. The molecular formula is C41H85NO7. The molecule has 8 nitrogen and oxygen atoms in total. The lowest BCUT2D eigenvalue weighted by atomic mass is 9.77. The molecule has 0 aliphatic carbocycles. The first-order chi connectivity index (χ1) is 23.2. The third kappa shape index (κ3) is 34.1. The fraction of sp³-hybridized carbons (Fsp3) is 0.976. The molecule has 0 saturated carbocycles. The van der Waals surface area contributed by atoms with Crippen molar-refractivity contribution >= 4 is 5.97 Å². The van der Waals surface area contributed by atoms with Crippen LogP contribution in [0, 0.1) is 5.92 Å². The molecule has 0 aromatic rings. The molecule has 0 saturated heterocycles. The molecular weight excluding hydrogens is 618 g/mol. The van der Waals surface area contributed by atoms with Crippen molar-refractivity contribution in [3.8, 4) is 0 Å². The van der Waals surface area contributed by atoms with Crippen LogP contribution in [-0.2, 0) is 4.79 Å². The molecule has 49 heavy (non-hydrogen) atoms. The number of unbranched alkanes of at least 4 members (excludes halogenated alkanes) is 28. The van der Waals surface area contributed by atoms with Gasteiger partial charge >= 0.3 is 0 Å². The maximum absolute atomic E-state index is 10.9. The topological polar surface area (TPSA) is 164 Å². The highest BCUT2D eigenvalue weighted by Gasteiger charge is 2.55. The summed E-state index contributed by atoms with van der Waals surface area (Å²) >= 11 is 0. The van der Waals surface area contributed by atoms with Crippen LogP contribution < -0.4 is 5.73 Å². The van der Waals surface area contributed by atoms with Crippen LogP contribution in [0.1, 0.15) is 233 Å². The predicted octanol–water partition coefficient (Wildman–Crippen LogP) is 10.2. The lowest BCUT2D eigenvalue weighted by Gasteiger charge is -2.45. The van der Waals surface area contributed by atoms with Gasteiger partial charge in [-0.1, -0.05) is 194 Å². The third-order valence-corrected chi connectivity index (χ3v) is 9.81. The number of carboxylic acid groups (broad SMARTS) is 1. The lowest BCUT2D eigenvalue weighted by Crippen LogP contribution is -2.65. The molecule has 0 aromatic heterocycles. The molecule has 0 amide bonds. The van der Waals surface area contributed by atoms with Gasteiger partial charge in [-0.05, 0) is 19.8 Å². The van der Waals surface area contributed by atoms with Gasteiger partial charge < -0.3 is 36.4 Å². The summed E-state index contributed by atoms with van der Waals surface area (Å²) in [6, 6.07) is 0. The lowest BCUT2D eigenvalue weighted by molar-refractivity contribution is -0.341. The molecule has 0 aliphatic rings. The summed E-state index contributed by atoms with van der Waals surface area (Å²) in [5, 5.41) is 61.4. The van der Waals surface area contributed by atoms with Crippen molar-refractivity contribution in [2.75, 3.05) is 0 Å². The van der Waals surface area contributed by atoms with Crippen LogP contribution in [0.4, 0.5) is 0 Å². The first kappa shape index (κ1) is 50.3. The Bertz CT molecular complexity index is 658. The molecule has 0 fully saturated rings. The van der Waals surface area contributed by atoms with E-state index in [9.17, 15) is 25.5 Å². The molecule has 0 heterocycles. The largest absolute Gasteiger partial charge is 0.481 e. The molecule has 8 heteroatoms. The highest BCUT2D eigenvalue weighted by Crippen LogP contribution is 2.38. The van der Waals surface area contributed by atoms with Gasteiger partial charge in [-0.25, -0.2) is 0 Å². The zero-order valence-corrected chi connectivity index (χ0v) is 32.9. The molecule has 0 aromatic carbocycles. The van der Waals surface area contributed by atoms with Crippen LogP contribution in [0.15, 0.2) is 0 Å². The van der Waals surface area contributed by atoms with Gasteiger partial charge in [0.1, 0.15) is 11.6 Å². The fourth-order valence-corrected chi connectivity index (χ4v) is 7.11. The van der Waals surface area contributed by atoms with Gasteiger partial charge in [0.25, 0.3) is 5.97 Å². The van der Waals surface area contributed by atoms with Gasteiger partial charge in [0.15, 0.2) is 11.6 Å². The Balaban J connectivity index is 0. The monoisotopic (exact) mass is 704 g/mol. The number of carboxylic acids is 1. The molecule has 0 bridgehead atoms. The predicted molar refractivity (Wildman–Crippen MR) is 205 cm³/mol. The van der Waals surface area contributed by atoms with E-state index in [0.29, 0.717) is 12.8 Å². The second-order valence-electron chi connectivity index (χ2n) is 15.3. The Labute approximate surface area is 303 Å². The van der Waals surface area contributed by atoms with E-state index in [0.717, 1.165) is 45.4 Å². The average Bonchev–Trinajstić information content (AvgIpc) is 2.99. The normalized spacial score (nSPS) is 13.4. The minimum atomic E-state index is -2.46. The first-order valence-electron chi connectivity index (χ1n) is 20.8. The van der Waals surface area contributed by atoms with Gasteiger partial charge in [0, 0.05) is 19.8 Å². The molecule has 8 N–H and O–H groups in total. The third-order valence-electron chi connectivity index (χ3n) is 9.81. The molecule has 0 aliphatic heterocycles. The summed E-state index contributed by atoms with van der Waals surface area (Å²) in [6.07, 6.45) is 36.2. The van der Waals surface area contributed by atoms with Crippen molar-refractivity contribution in [1.82, 2.24) is 0 Å². The molecule has 296 valence electrons. The molecule has 0 rings (SSSR count). The number of hydrogen-bond donors (Lipinski definition) is 7. The number of rotatable bonds is 35. The summed E-state index contributed by atoms with van der Waals surface area (Å²) in [4.78, 5) is 9.00. The Morgan fingerprint density at radius 2 is 0.612 bits per heavy atom. The SMILES string of the molecule is CC(=O)O.CCCCCCCCCCCCCCCCCC(O)(O)C(C(C)(N)O)C(O)(O)CCCCCCCCCCCCCCCCC. The van der Waals surface area contributed by atoms with Gasteiger partial charge in [-0.3, -0.25) is 4.79 Å². The van der Waals surface area contributed by atoms with Crippen LogP contribution >= 0.6 is 0 Å². The number of hydrogen-bond acceptors (Lipinski definition) is 7. The summed E-state index contributed by atoms with van der Waals surface area (Å²) in [5.41, 5.74) is 3.74. The smallest absolute Gasteiger partial charge is 0.300 e. The Morgan fingerprint density at radius 3 is 0.776 bits per heavy atom. The summed E-state index contributed by atoms with van der Waals surface area (Å²) < 4.78 is 0. The van der Waals surface area contributed by atoms with Gasteiger partial charge in [0.05, 0.1) is 0 Å². The Kier molecular flexibility index (Phi) is 34.0. The minimum absolute atomic E-state index is 0.0506. The summed E-state index contributed by atoms with van der Waals surface area (Å²) in [5.74, 6) is -7.45. The van der Waals surface area contributed by atoms with E-state index in [1.807, 2.05) is 0 Å². The van der Waals surface area contributed by atoms with Crippen LogP contribution in [-0.4, -0.2) is 53.9 Å².